The number of carboxylic acids is 1. The number of hydrogen-bond acceptors (Lipinski definition) is 4. The van der Waals surface area contributed by atoms with Crippen LogP contribution in [-0.2, 0) is 0 Å². The summed E-state index contributed by atoms with van der Waals surface area (Å²) >= 11 is 0.532. The number of aromatic carboxylic acids is 1. The second-order valence-corrected chi connectivity index (χ2v) is 4.95. The summed E-state index contributed by atoms with van der Waals surface area (Å²) in [5.41, 5.74) is -0.819. The van der Waals surface area contributed by atoms with Gasteiger partial charge in [0, 0.05) is 6.07 Å². The molecule has 8 heteroatoms. The minimum Gasteiger partial charge on any atom is -0.478 e. The molecular formula is C13H7F2NO4S. The Hall–Kier alpha value is -2.48. The number of rotatable bonds is 4. The zero-order chi connectivity index (χ0) is 15.6. The van der Waals surface area contributed by atoms with Crippen LogP contribution in [0.15, 0.2) is 46.2 Å². The van der Waals surface area contributed by atoms with Gasteiger partial charge >= 0.3 is 5.97 Å². The molecule has 0 aromatic heterocycles. The molecule has 0 bridgehead atoms. The average molecular weight is 311 g/mol. The molecule has 0 unspecified atom stereocenters. The molecule has 0 aliphatic heterocycles. The second-order valence-electron chi connectivity index (χ2n) is 3.90. The summed E-state index contributed by atoms with van der Waals surface area (Å²) in [6, 6.07) is 6.83. The van der Waals surface area contributed by atoms with Crippen molar-refractivity contribution in [3.05, 3.63) is 63.7 Å². The molecule has 5 nitrogen and oxygen atoms in total. The standard InChI is InChI=1S/C13H7F2NO4S/c14-8-5-7(13(17)18)6-9(15)12(8)21-11-4-2-1-3-10(11)16(19)20/h1-6H,(H,17,18). The first-order valence-corrected chi connectivity index (χ1v) is 6.35. The van der Waals surface area contributed by atoms with Gasteiger partial charge in [-0.15, -0.1) is 0 Å². The summed E-state index contributed by atoms with van der Waals surface area (Å²) in [6.07, 6.45) is 0. The minimum absolute atomic E-state index is 0.0587. The van der Waals surface area contributed by atoms with Crippen LogP contribution in [0, 0.1) is 21.7 Å². The lowest BCUT2D eigenvalue weighted by molar-refractivity contribution is -0.387. The lowest BCUT2D eigenvalue weighted by Gasteiger charge is -2.06. The quantitative estimate of drug-likeness (QED) is 0.687. The first kappa shape index (κ1) is 14.9. The zero-order valence-corrected chi connectivity index (χ0v) is 11.1. The van der Waals surface area contributed by atoms with Gasteiger partial charge in [-0.25, -0.2) is 13.6 Å². The highest BCUT2D eigenvalue weighted by Gasteiger charge is 2.20. The van der Waals surface area contributed by atoms with E-state index in [0.29, 0.717) is 23.9 Å². The molecule has 0 atom stereocenters. The molecule has 0 aliphatic carbocycles. The summed E-state index contributed by atoms with van der Waals surface area (Å²) in [5.74, 6) is -3.64. The number of nitrogens with zero attached hydrogens (tertiary/aromatic N) is 1. The van der Waals surface area contributed by atoms with Crippen LogP contribution >= 0.6 is 11.8 Å². The molecule has 0 saturated heterocycles. The lowest BCUT2D eigenvalue weighted by atomic mass is 10.2. The number of hydrogen-bond donors (Lipinski definition) is 1. The van der Waals surface area contributed by atoms with Crippen LogP contribution in [0.3, 0.4) is 0 Å². The zero-order valence-electron chi connectivity index (χ0n) is 10.2. The average Bonchev–Trinajstić information content (AvgIpc) is 2.42. The Bertz CT molecular complexity index is 713. The Labute approximate surface area is 121 Å². The highest BCUT2D eigenvalue weighted by molar-refractivity contribution is 7.99. The van der Waals surface area contributed by atoms with Crippen molar-refractivity contribution in [3.8, 4) is 0 Å². The summed E-state index contributed by atoms with van der Waals surface area (Å²) < 4.78 is 27.6. The number of halogens is 2. The van der Waals surface area contributed by atoms with Crippen LogP contribution in [-0.4, -0.2) is 16.0 Å². The number of nitro groups is 1. The van der Waals surface area contributed by atoms with Crippen molar-refractivity contribution < 1.29 is 23.6 Å². The molecule has 2 aromatic carbocycles. The Balaban J connectivity index is 2.46. The van der Waals surface area contributed by atoms with Gasteiger partial charge in [0.25, 0.3) is 5.69 Å². The van der Waals surface area contributed by atoms with E-state index in [4.69, 9.17) is 5.11 Å². The van der Waals surface area contributed by atoms with Gasteiger partial charge in [0.1, 0.15) is 11.6 Å². The van der Waals surface area contributed by atoms with Crippen LogP contribution < -0.4 is 0 Å². The maximum Gasteiger partial charge on any atom is 0.335 e. The van der Waals surface area contributed by atoms with Gasteiger partial charge in [-0.1, -0.05) is 23.9 Å². The maximum absolute atomic E-state index is 13.8. The molecule has 0 amide bonds. The SMILES string of the molecule is O=C(O)c1cc(F)c(Sc2ccccc2[N+](=O)[O-])c(F)c1. The second kappa shape index (κ2) is 5.88. The molecule has 2 rings (SSSR count). The number of carbonyl (C=O) groups is 1. The number of para-hydroxylation sites is 1. The van der Waals surface area contributed by atoms with E-state index >= 15 is 0 Å². The molecule has 0 aliphatic rings. The van der Waals surface area contributed by atoms with E-state index in [1.807, 2.05) is 0 Å². The third-order valence-corrected chi connectivity index (χ3v) is 3.68. The van der Waals surface area contributed by atoms with Gasteiger partial charge in [-0.05, 0) is 18.2 Å². The van der Waals surface area contributed by atoms with Gasteiger partial charge in [0.2, 0.25) is 0 Å². The fourth-order valence-corrected chi connectivity index (χ4v) is 2.51. The summed E-state index contributed by atoms with van der Waals surface area (Å²) in [6.45, 7) is 0. The number of benzene rings is 2. The molecule has 108 valence electrons. The lowest BCUT2D eigenvalue weighted by Crippen LogP contribution is -2.00. The molecule has 2 aromatic rings. The fourth-order valence-electron chi connectivity index (χ4n) is 1.59. The van der Waals surface area contributed by atoms with E-state index in [2.05, 4.69) is 0 Å². The summed E-state index contributed by atoms with van der Waals surface area (Å²) in [7, 11) is 0. The molecular weight excluding hydrogens is 304 g/mol. The molecule has 1 N–H and O–H groups in total. The highest BCUT2D eigenvalue weighted by Crippen LogP contribution is 2.37. The molecule has 0 radical (unpaired) electrons. The molecule has 21 heavy (non-hydrogen) atoms. The predicted octanol–water partition coefficient (Wildman–Crippen LogP) is 3.72. The van der Waals surface area contributed by atoms with E-state index < -0.39 is 33.0 Å². The Morgan fingerprint density at radius 3 is 2.29 bits per heavy atom. The van der Waals surface area contributed by atoms with Crippen molar-refractivity contribution in [1.29, 1.82) is 0 Å². The van der Waals surface area contributed by atoms with Crippen LogP contribution in [0.2, 0.25) is 0 Å². The van der Waals surface area contributed by atoms with Crippen LogP contribution in [0.5, 0.6) is 0 Å². The first-order valence-electron chi connectivity index (χ1n) is 5.53. The van der Waals surface area contributed by atoms with Gasteiger partial charge in [0.15, 0.2) is 0 Å². The topological polar surface area (TPSA) is 80.4 Å². The van der Waals surface area contributed by atoms with Gasteiger partial charge < -0.3 is 5.11 Å². The van der Waals surface area contributed by atoms with Crippen molar-refractivity contribution in [2.75, 3.05) is 0 Å². The van der Waals surface area contributed by atoms with Crippen molar-refractivity contribution in [2.24, 2.45) is 0 Å². The fraction of sp³-hybridized carbons (Fsp3) is 0. The number of carboxylic acid groups (broad SMARTS) is 1. The van der Waals surface area contributed by atoms with Crippen molar-refractivity contribution in [2.45, 2.75) is 9.79 Å². The molecule has 0 heterocycles. The van der Waals surface area contributed by atoms with E-state index in [1.165, 1.54) is 24.3 Å². The van der Waals surface area contributed by atoms with E-state index in [0.717, 1.165) is 0 Å². The van der Waals surface area contributed by atoms with E-state index in [1.54, 1.807) is 0 Å². The van der Waals surface area contributed by atoms with Gasteiger partial charge in [-0.3, -0.25) is 10.1 Å². The Morgan fingerprint density at radius 2 is 1.76 bits per heavy atom. The first-order chi connectivity index (χ1) is 9.90. The predicted molar refractivity (Wildman–Crippen MR) is 70.5 cm³/mol. The van der Waals surface area contributed by atoms with Crippen LogP contribution in [0.1, 0.15) is 10.4 Å². The van der Waals surface area contributed by atoms with Gasteiger partial charge in [-0.2, -0.15) is 0 Å². The van der Waals surface area contributed by atoms with Crippen LogP contribution in [0.4, 0.5) is 14.5 Å². The molecule has 0 fully saturated rings. The highest BCUT2D eigenvalue weighted by atomic mass is 32.2. The third-order valence-electron chi connectivity index (χ3n) is 2.52. The largest absolute Gasteiger partial charge is 0.478 e. The van der Waals surface area contributed by atoms with Crippen molar-refractivity contribution in [1.82, 2.24) is 0 Å². The Morgan fingerprint density at radius 1 is 1.19 bits per heavy atom. The van der Waals surface area contributed by atoms with E-state index in [9.17, 15) is 23.7 Å². The van der Waals surface area contributed by atoms with Crippen molar-refractivity contribution >= 4 is 23.4 Å². The van der Waals surface area contributed by atoms with Crippen molar-refractivity contribution in [3.63, 3.8) is 0 Å². The minimum atomic E-state index is -1.46. The summed E-state index contributed by atoms with van der Waals surface area (Å²) in [5, 5.41) is 19.6. The van der Waals surface area contributed by atoms with Crippen LogP contribution in [0.25, 0.3) is 0 Å². The number of nitro benzene ring substituents is 1. The molecule has 0 spiro atoms. The van der Waals surface area contributed by atoms with Gasteiger partial charge in [0.05, 0.1) is 20.3 Å². The summed E-state index contributed by atoms with van der Waals surface area (Å²) in [4.78, 5) is 20.4. The monoisotopic (exact) mass is 311 g/mol. The Kier molecular flexibility index (Phi) is 4.18. The third kappa shape index (κ3) is 3.16. The smallest absolute Gasteiger partial charge is 0.335 e. The molecule has 0 saturated carbocycles. The van der Waals surface area contributed by atoms with E-state index in [-0.39, 0.29) is 10.6 Å². The normalized spacial score (nSPS) is 10.4. The maximum atomic E-state index is 13.8.